The fourth-order valence-corrected chi connectivity index (χ4v) is 5.09. The lowest BCUT2D eigenvalue weighted by molar-refractivity contribution is 0.201. The molecule has 0 aromatic carbocycles. The highest BCUT2D eigenvalue weighted by atomic mass is 32.2. The van der Waals surface area contributed by atoms with E-state index in [4.69, 9.17) is 5.73 Å². The zero-order valence-corrected chi connectivity index (χ0v) is 12.2. The van der Waals surface area contributed by atoms with Crippen molar-refractivity contribution in [3.8, 4) is 0 Å². The van der Waals surface area contributed by atoms with Crippen molar-refractivity contribution in [2.45, 2.75) is 39.2 Å². The maximum absolute atomic E-state index is 12.6. The summed E-state index contributed by atoms with van der Waals surface area (Å²) in [6, 6.07) is -0.00633. The Kier molecular flexibility index (Phi) is 4.31. The van der Waals surface area contributed by atoms with Gasteiger partial charge in [-0.05, 0) is 31.1 Å². The highest BCUT2D eigenvalue weighted by molar-refractivity contribution is 7.86. The first-order valence-corrected chi connectivity index (χ1v) is 8.30. The van der Waals surface area contributed by atoms with Gasteiger partial charge in [-0.1, -0.05) is 13.8 Å². The van der Waals surface area contributed by atoms with Crippen LogP contribution in [0.5, 0.6) is 0 Å². The quantitative estimate of drug-likeness (QED) is 0.804. The maximum atomic E-state index is 12.6. The number of nitrogens with zero attached hydrogens (tertiary/aromatic N) is 2. The van der Waals surface area contributed by atoms with Gasteiger partial charge in [-0.2, -0.15) is 17.0 Å². The lowest BCUT2D eigenvalue weighted by Gasteiger charge is -2.39. The molecule has 0 aromatic rings. The van der Waals surface area contributed by atoms with E-state index >= 15 is 0 Å². The maximum Gasteiger partial charge on any atom is 0.282 e. The lowest BCUT2D eigenvalue weighted by Crippen LogP contribution is -2.54. The Balaban J connectivity index is 2.09. The summed E-state index contributed by atoms with van der Waals surface area (Å²) in [5.41, 5.74) is 5.88. The van der Waals surface area contributed by atoms with Crippen molar-refractivity contribution < 1.29 is 8.42 Å². The van der Waals surface area contributed by atoms with Crippen LogP contribution in [0.1, 0.15) is 33.1 Å². The van der Waals surface area contributed by atoms with Gasteiger partial charge in [-0.3, -0.25) is 0 Å². The lowest BCUT2D eigenvalue weighted by atomic mass is 9.94. The third kappa shape index (κ3) is 3.04. The molecule has 6 heteroatoms. The third-order valence-electron chi connectivity index (χ3n) is 3.91. The van der Waals surface area contributed by atoms with Gasteiger partial charge in [0.2, 0.25) is 0 Å². The van der Waals surface area contributed by atoms with E-state index in [1.165, 1.54) is 0 Å². The smallest absolute Gasteiger partial charge is 0.282 e. The fourth-order valence-electron chi connectivity index (χ4n) is 3.14. The molecule has 3 atom stereocenters. The van der Waals surface area contributed by atoms with Crippen LogP contribution in [0.4, 0.5) is 0 Å². The minimum atomic E-state index is -3.30. The van der Waals surface area contributed by atoms with Gasteiger partial charge >= 0.3 is 0 Å². The molecule has 2 aliphatic heterocycles. The van der Waals surface area contributed by atoms with Crippen LogP contribution in [0.2, 0.25) is 0 Å². The molecule has 0 aromatic heterocycles. The van der Waals surface area contributed by atoms with Gasteiger partial charge in [0.25, 0.3) is 10.2 Å². The second kappa shape index (κ2) is 5.45. The molecule has 2 rings (SSSR count). The summed E-state index contributed by atoms with van der Waals surface area (Å²) in [6.45, 7) is 6.65. The molecule has 0 amide bonds. The molecule has 2 heterocycles. The van der Waals surface area contributed by atoms with Crippen LogP contribution >= 0.6 is 0 Å². The van der Waals surface area contributed by atoms with Crippen molar-refractivity contribution in [1.29, 1.82) is 0 Å². The Labute approximate surface area is 110 Å². The largest absolute Gasteiger partial charge is 0.327 e. The van der Waals surface area contributed by atoms with Crippen LogP contribution in [0, 0.1) is 11.8 Å². The predicted molar refractivity (Wildman–Crippen MR) is 72.2 cm³/mol. The molecule has 3 unspecified atom stereocenters. The van der Waals surface area contributed by atoms with E-state index in [9.17, 15) is 8.42 Å². The summed E-state index contributed by atoms with van der Waals surface area (Å²) in [6.07, 6.45) is 2.92. The van der Waals surface area contributed by atoms with Crippen molar-refractivity contribution in [3.05, 3.63) is 0 Å². The molecule has 5 nitrogen and oxygen atoms in total. The molecule has 0 aliphatic carbocycles. The van der Waals surface area contributed by atoms with Gasteiger partial charge in [0.15, 0.2) is 0 Å². The molecule has 0 spiro atoms. The van der Waals surface area contributed by atoms with Crippen molar-refractivity contribution >= 4 is 10.2 Å². The zero-order valence-electron chi connectivity index (χ0n) is 11.4. The SMILES string of the molecule is CC1CC(C)CN(S(=O)(=O)N2CCCC(N)C2)C1. The first-order chi connectivity index (χ1) is 8.39. The van der Waals surface area contributed by atoms with Crippen molar-refractivity contribution in [2.24, 2.45) is 17.6 Å². The molecule has 2 N–H and O–H groups in total. The number of nitrogens with two attached hydrogens (primary N) is 1. The predicted octanol–water partition coefficient (Wildman–Crippen LogP) is 0.632. The second-order valence-corrected chi connectivity index (χ2v) is 7.96. The first-order valence-electron chi connectivity index (χ1n) is 6.90. The molecule has 18 heavy (non-hydrogen) atoms. The summed E-state index contributed by atoms with van der Waals surface area (Å²) < 4.78 is 28.4. The average molecular weight is 275 g/mol. The van der Waals surface area contributed by atoms with Gasteiger partial charge in [0, 0.05) is 32.2 Å². The van der Waals surface area contributed by atoms with Crippen molar-refractivity contribution in [2.75, 3.05) is 26.2 Å². The highest BCUT2D eigenvalue weighted by Gasteiger charge is 2.36. The summed E-state index contributed by atoms with van der Waals surface area (Å²) in [7, 11) is -3.30. The number of rotatable bonds is 2. The van der Waals surface area contributed by atoms with E-state index in [-0.39, 0.29) is 6.04 Å². The molecule has 106 valence electrons. The van der Waals surface area contributed by atoms with E-state index in [1.807, 2.05) is 0 Å². The van der Waals surface area contributed by atoms with Crippen LogP contribution in [0.25, 0.3) is 0 Å². The fraction of sp³-hybridized carbons (Fsp3) is 1.00. The monoisotopic (exact) mass is 275 g/mol. The minimum absolute atomic E-state index is 0.00633. The second-order valence-electron chi connectivity index (χ2n) is 6.03. The molecule has 0 saturated carbocycles. The molecule has 2 saturated heterocycles. The van der Waals surface area contributed by atoms with E-state index in [0.717, 1.165) is 19.3 Å². The van der Waals surface area contributed by atoms with Crippen molar-refractivity contribution in [3.63, 3.8) is 0 Å². The molecule has 0 bridgehead atoms. The van der Waals surface area contributed by atoms with Crippen molar-refractivity contribution in [1.82, 2.24) is 8.61 Å². The Morgan fingerprint density at radius 3 is 2.22 bits per heavy atom. The Hall–Kier alpha value is -0.170. The Morgan fingerprint density at radius 2 is 1.67 bits per heavy atom. The van der Waals surface area contributed by atoms with Crippen LogP contribution in [-0.2, 0) is 10.2 Å². The topological polar surface area (TPSA) is 66.6 Å². The number of hydrogen-bond donors (Lipinski definition) is 1. The Morgan fingerprint density at radius 1 is 1.06 bits per heavy atom. The third-order valence-corrected chi connectivity index (χ3v) is 5.84. The van der Waals surface area contributed by atoms with Crippen LogP contribution in [0.3, 0.4) is 0 Å². The summed E-state index contributed by atoms with van der Waals surface area (Å²) in [5, 5.41) is 0. The number of piperidine rings is 2. The normalized spacial score (nSPS) is 36.7. The first kappa shape index (κ1) is 14.2. The van der Waals surface area contributed by atoms with Gasteiger partial charge in [-0.25, -0.2) is 0 Å². The van der Waals surface area contributed by atoms with Crippen LogP contribution < -0.4 is 5.73 Å². The van der Waals surface area contributed by atoms with Crippen LogP contribution in [-0.4, -0.2) is 49.2 Å². The van der Waals surface area contributed by atoms with E-state index in [1.54, 1.807) is 8.61 Å². The molecule has 2 fully saturated rings. The summed E-state index contributed by atoms with van der Waals surface area (Å²) in [4.78, 5) is 0. The number of hydrogen-bond acceptors (Lipinski definition) is 3. The van der Waals surface area contributed by atoms with Gasteiger partial charge in [-0.15, -0.1) is 0 Å². The molecular weight excluding hydrogens is 250 g/mol. The van der Waals surface area contributed by atoms with E-state index in [0.29, 0.717) is 38.0 Å². The van der Waals surface area contributed by atoms with E-state index in [2.05, 4.69) is 13.8 Å². The molecule has 2 aliphatic rings. The molecule has 0 radical (unpaired) electrons. The average Bonchev–Trinajstić information content (AvgIpc) is 2.27. The van der Waals surface area contributed by atoms with Gasteiger partial charge in [0.1, 0.15) is 0 Å². The highest BCUT2D eigenvalue weighted by Crippen LogP contribution is 2.25. The van der Waals surface area contributed by atoms with E-state index < -0.39 is 10.2 Å². The van der Waals surface area contributed by atoms with Gasteiger partial charge in [0.05, 0.1) is 0 Å². The Bertz CT molecular complexity index is 375. The molecular formula is C12H25N3O2S. The standard InChI is InChI=1S/C12H25N3O2S/c1-10-6-11(2)8-15(7-10)18(16,17)14-5-3-4-12(13)9-14/h10-12H,3-9,13H2,1-2H3. The summed E-state index contributed by atoms with van der Waals surface area (Å²) in [5.74, 6) is 0.893. The summed E-state index contributed by atoms with van der Waals surface area (Å²) >= 11 is 0. The van der Waals surface area contributed by atoms with Crippen LogP contribution in [0.15, 0.2) is 0 Å². The minimum Gasteiger partial charge on any atom is -0.327 e. The van der Waals surface area contributed by atoms with Gasteiger partial charge < -0.3 is 5.73 Å². The zero-order chi connectivity index (χ0) is 13.3.